The highest BCUT2D eigenvalue weighted by molar-refractivity contribution is 5.94. The molecule has 1 heterocycles. The van der Waals surface area contributed by atoms with Crippen LogP contribution in [0.1, 0.15) is 34.5 Å². The monoisotopic (exact) mass is 360 g/mol. The van der Waals surface area contributed by atoms with E-state index in [9.17, 15) is 4.79 Å². The quantitative estimate of drug-likeness (QED) is 0.907. The predicted molar refractivity (Wildman–Crippen MR) is 103 cm³/mol. The molecule has 1 atom stereocenters. The lowest BCUT2D eigenvalue weighted by molar-refractivity contribution is 0.0631. The molecule has 3 rings (SSSR count). The number of nitrogens with zero attached hydrogens (tertiary/aromatic N) is 1. The first-order chi connectivity index (χ1) is 11.7. The van der Waals surface area contributed by atoms with Crippen LogP contribution >= 0.6 is 12.4 Å². The van der Waals surface area contributed by atoms with Gasteiger partial charge in [0.2, 0.25) is 0 Å². The molecule has 2 aromatic rings. The zero-order chi connectivity index (χ0) is 16.9. The van der Waals surface area contributed by atoms with Crippen molar-refractivity contribution in [3.05, 3.63) is 65.2 Å². The van der Waals surface area contributed by atoms with Gasteiger partial charge in [0.1, 0.15) is 5.75 Å². The van der Waals surface area contributed by atoms with Gasteiger partial charge >= 0.3 is 0 Å². The van der Waals surface area contributed by atoms with Gasteiger partial charge in [0.25, 0.3) is 5.91 Å². The standard InChI is InChI=1S/C20H24N2O2.ClH/c1-3-15-8-10-16(11-9-15)20(23)22-13-12-21-14-18(22)17-6-4-5-7-19(17)24-2;/h4-11,18,21H,3,12-14H2,1-2H3;1H. The molecule has 0 aliphatic carbocycles. The first kappa shape index (κ1) is 19.3. The molecule has 25 heavy (non-hydrogen) atoms. The number of hydrogen-bond acceptors (Lipinski definition) is 3. The molecule has 1 fully saturated rings. The van der Waals surface area contributed by atoms with Crippen molar-refractivity contribution in [2.45, 2.75) is 19.4 Å². The average Bonchev–Trinajstić information content (AvgIpc) is 2.67. The molecule has 0 spiro atoms. The van der Waals surface area contributed by atoms with Gasteiger partial charge in [-0.15, -0.1) is 12.4 Å². The molecule has 1 unspecified atom stereocenters. The summed E-state index contributed by atoms with van der Waals surface area (Å²) in [4.78, 5) is 15.0. The molecule has 4 nitrogen and oxygen atoms in total. The number of hydrogen-bond donors (Lipinski definition) is 1. The van der Waals surface area contributed by atoms with Crippen LogP contribution in [0.2, 0.25) is 0 Å². The maximum atomic E-state index is 13.0. The van der Waals surface area contributed by atoms with E-state index in [1.807, 2.05) is 53.4 Å². The first-order valence-electron chi connectivity index (χ1n) is 8.48. The van der Waals surface area contributed by atoms with E-state index in [0.717, 1.165) is 36.4 Å². The number of nitrogens with one attached hydrogen (secondary N) is 1. The normalized spacial score (nSPS) is 16.9. The summed E-state index contributed by atoms with van der Waals surface area (Å²) in [6.45, 7) is 4.35. The lowest BCUT2D eigenvalue weighted by Crippen LogP contribution is -2.48. The van der Waals surface area contributed by atoms with Crippen molar-refractivity contribution in [1.82, 2.24) is 10.2 Å². The molecule has 0 bridgehead atoms. The summed E-state index contributed by atoms with van der Waals surface area (Å²) in [5.41, 5.74) is 3.04. The third kappa shape index (κ3) is 4.14. The molecule has 0 radical (unpaired) electrons. The summed E-state index contributed by atoms with van der Waals surface area (Å²) >= 11 is 0. The first-order valence-corrected chi connectivity index (χ1v) is 8.48. The second kappa shape index (κ2) is 8.88. The summed E-state index contributed by atoms with van der Waals surface area (Å²) in [7, 11) is 1.67. The summed E-state index contributed by atoms with van der Waals surface area (Å²) in [5.74, 6) is 0.903. The van der Waals surface area contributed by atoms with E-state index >= 15 is 0 Å². The Balaban J connectivity index is 0.00000225. The van der Waals surface area contributed by atoms with Gasteiger partial charge < -0.3 is 15.0 Å². The fraction of sp³-hybridized carbons (Fsp3) is 0.350. The zero-order valence-corrected chi connectivity index (χ0v) is 15.5. The number of benzene rings is 2. The molecule has 134 valence electrons. The minimum atomic E-state index is -0.0201. The van der Waals surface area contributed by atoms with Gasteiger partial charge in [-0.2, -0.15) is 0 Å². The minimum absolute atomic E-state index is 0. The number of carbonyl (C=O) groups is 1. The highest BCUT2D eigenvalue weighted by atomic mass is 35.5. The van der Waals surface area contributed by atoms with Gasteiger partial charge in [-0.1, -0.05) is 37.3 Å². The number of methoxy groups -OCH3 is 1. The van der Waals surface area contributed by atoms with Crippen LogP contribution in [0.15, 0.2) is 48.5 Å². The Labute approximate surface area is 155 Å². The smallest absolute Gasteiger partial charge is 0.254 e. The highest BCUT2D eigenvalue weighted by Crippen LogP contribution is 2.31. The van der Waals surface area contributed by atoms with Crippen LogP contribution in [0.3, 0.4) is 0 Å². The van der Waals surface area contributed by atoms with Crippen LogP contribution in [0.5, 0.6) is 5.75 Å². The van der Waals surface area contributed by atoms with E-state index < -0.39 is 0 Å². The van der Waals surface area contributed by atoms with E-state index in [0.29, 0.717) is 6.54 Å². The van der Waals surface area contributed by atoms with Crippen molar-refractivity contribution in [2.24, 2.45) is 0 Å². The Morgan fingerprint density at radius 3 is 2.60 bits per heavy atom. The molecule has 1 amide bonds. The van der Waals surface area contributed by atoms with Crippen LogP contribution in [-0.2, 0) is 6.42 Å². The molecule has 5 heteroatoms. The van der Waals surface area contributed by atoms with Crippen LogP contribution in [0, 0.1) is 0 Å². The summed E-state index contributed by atoms with van der Waals surface area (Å²) in [6.07, 6.45) is 0.978. The van der Waals surface area contributed by atoms with E-state index in [2.05, 4.69) is 12.2 Å². The number of aryl methyl sites for hydroxylation is 1. The van der Waals surface area contributed by atoms with Gasteiger partial charge in [0, 0.05) is 30.8 Å². The van der Waals surface area contributed by atoms with Gasteiger partial charge in [0.15, 0.2) is 0 Å². The third-order valence-corrected chi connectivity index (χ3v) is 4.61. The van der Waals surface area contributed by atoms with Gasteiger partial charge in [0.05, 0.1) is 13.2 Å². The molecule has 0 aromatic heterocycles. The molecule has 1 saturated heterocycles. The van der Waals surface area contributed by atoms with Crippen molar-refractivity contribution in [3.8, 4) is 5.75 Å². The number of rotatable bonds is 4. The van der Waals surface area contributed by atoms with Crippen LogP contribution in [0.4, 0.5) is 0 Å². The molecular formula is C20H25ClN2O2. The topological polar surface area (TPSA) is 41.6 Å². The Hall–Kier alpha value is -2.04. The Bertz CT molecular complexity index is 703. The number of para-hydroxylation sites is 1. The van der Waals surface area contributed by atoms with Crippen molar-refractivity contribution in [3.63, 3.8) is 0 Å². The maximum absolute atomic E-state index is 13.0. The Kier molecular flexibility index (Phi) is 6.85. The lowest BCUT2D eigenvalue weighted by Gasteiger charge is -2.37. The SMILES string of the molecule is CCc1ccc(C(=O)N2CCNCC2c2ccccc2OC)cc1.Cl. The lowest BCUT2D eigenvalue weighted by atomic mass is 10.0. The van der Waals surface area contributed by atoms with E-state index in [1.54, 1.807) is 7.11 Å². The largest absolute Gasteiger partial charge is 0.496 e. The van der Waals surface area contributed by atoms with E-state index in [-0.39, 0.29) is 24.4 Å². The fourth-order valence-electron chi connectivity index (χ4n) is 3.22. The van der Waals surface area contributed by atoms with Crippen LogP contribution in [0.25, 0.3) is 0 Å². The third-order valence-electron chi connectivity index (χ3n) is 4.61. The fourth-order valence-corrected chi connectivity index (χ4v) is 3.22. The second-order valence-corrected chi connectivity index (χ2v) is 6.01. The predicted octanol–water partition coefficient (Wildman–Crippen LogP) is 3.47. The maximum Gasteiger partial charge on any atom is 0.254 e. The summed E-state index contributed by atoms with van der Waals surface area (Å²) in [6, 6.07) is 15.8. The Morgan fingerprint density at radius 2 is 1.92 bits per heavy atom. The average molecular weight is 361 g/mol. The van der Waals surface area contributed by atoms with Crippen LogP contribution in [-0.4, -0.2) is 37.6 Å². The summed E-state index contributed by atoms with van der Waals surface area (Å²) in [5, 5.41) is 3.39. The molecule has 2 aromatic carbocycles. The van der Waals surface area contributed by atoms with Crippen molar-refractivity contribution < 1.29 is 9.53 Å². The molecule has 1 aliphatic rings. The number of piperazine rings is 1. The number of ether oxygens (including phenoxy) is 1. The zero-order valence-electron chi connectivity index (χ0n) is 14.7. The minimum Gasteiger partial charge on any atom is -0.496 e. The molecule has 0 saturated carbocycles. The van der Waals surface area contributed by atoms with Crippen molar-refractivity contribution in [1.29, 1.82) is 0 Å². The molecular weight excluding hydrogens is 336 g/mol. The van der Waals surface area contributed by atoms with Gasteiger partial charge in [-0.25, -0.2) is 0 Å². The van der Waals surface area contributed by atoms with E-state index in [1.165, 1.54) is 5.56 Å². The number of halogens is 1. The summed E-state index contributed by atoms with van der Waals surface area (Å²) < 4.78 is 5.50. The van der Waals surface area contributed by atoms with Crippen molar-refractivity contribution in [2.75, 3.05) is 26.7 Å². The van der Waals surface area contributed by atoms with Crippen LogP contribution < -0.4 is 10.1 Å². The second-order valence-electron chi connectivity index (χ2n) is 6.01. The Morgan fingerprint density at radius 1 is 1.20 bits per heavy atom. The van der Waals surface area contributed by atoms with Gasteiger partial charge in [-0.3, -0.25) is 4.79 Å². The van der Waals surface area contributed by atoms with E-state index in [4.69, 9.17) is 4.74 Å². The van der Waals surface area contributed by atoms with Crippen molar-refractivity contribution >= 4 is 18.3 Å². The highest BCUT2D eigenvalue weighted by Gasteiger charge is 2.30. The molecule has 1 aliphatic heterocycles. The number of amides is 1. The molecule has 1 N–H and O–H groups in total. The van der Waals surface area contributed by atoms with Gasteiger partial charge in [-0.05, 0) is 30.2 Å². The number of carbonyl (C=O) groups excluding carboxylic acids is 1.